The Kier molecular flexibility index (Phi) is 4.45. The van der Waals surface area contributed by atoms with Gasteiger partial charge in [-0.1, -0.05) is 18.5 Å². The molecule has 0 aliphatic carbocycles. The van der Waals surface area contributed by atoms with Crippen molar-refractivity contribution in [2.24, 2.45) is 0 Å². The Hall–Kier alpha value is -1.81. The number of hydrogen-bond acceptors (Lipinski definition) is 2. The minimum Gasteiger partial charge on any atom is -0.350 e. The van der Waals surface area contributed by atoms with E-state index in [1.807, 2.05) is 45.0 Å². The van der Waals surface area contributed by atoms with Gasteiger partial charge in [-0.3, -0.25) is 4.79 Å². The van der Waals surface area contributed by atoms with Crippen LogP contribution >= 0.6 is 11.6 Å². The minimum atomic E-state index is -0.0861. The minimum absolute atomic E-state index is 0.0861. The zero-order chi connectivity index (χ0) is 14.7. The van der Waals surface area contributed by atoms with Crippen LogP contribution in [-0.2, 0) is 6.42 Å². The maximum atomic E-state index is 12.1. The van der Waals surface area contributed by atoms with Crippen molar-refractivity contribution in [1.82, 2.24) is 15.1 Å². The summed E-state index contributed by atoms with van der Waals surface area (Å²) in [6.45, 7) is 5.88. The normalized spacial score (nSPS) is 10.8. The van der Waals surface area contributed by atoms with Crippen LogP contribution in [0.4, 0.5) is 0 Å². The van der Waals surface area contributed by atoms with E-state index in [1.54, 1.807) is 10.9 Å². The van der Waals surface area contributed by atoms with Crippen molar-refractivity contribution < 1.29 is 4.79 Å². The second-order valence-corrected chi connectivity index (χ2v) is 5.31. The van der Waals surface area contributed by atoms with Gasteiger partial charge in [0.1, 0.15) is 0 Å². The summed E-state index contributed by atoms with van der Waals surface area (Å²) in [7, 11) is 0. The topological polar surface area (TPSA) is 46.9 Å². The van der Waals surface area contributed by atoms with Crippen LogP contribution in [0.3, 0.4) is 0 Å². The van der Waals surface area contributed by atoms with Gasteiger partial charge in [0, 0.05) is 11.1 Å². The zero-order valence-electron chi connectivity index (χ0n) is 11.9. The third-order valence-electron chi connectivity index (χ3n) is 2.94. The lowest BCUT2D eigenvalue weighted by atomic mass is 10.2. The molecule has 0 fully saturated rings. The van der Waals surface area contributed by atoms with Gasteiger partial charge in [-0.2, -0.15) is 5.10 Å². The predicted molar refractivity (Wildman–Crippen MR) is 80.6 cm³/mol. The van der Waals surface area contributed by atoms with Crippen LogP contribution in [-0.4, -0.2) is 21.7 Å². The number of amides is 1. The van der Waals surface area contributed by atoms with Crippen LogP contribution in [0.25, 0.3) is 5.69 Å². The Bertz CT molecular complexity index is 602. The Morgan fingerprint density at radius 3 is 2.55 bits per heavy atom. The number of hydrogen-bond donors (Lipinski definition) is 1. The molecule has 4 nitrogen and oxygen atoms in total. The third-order valence-corrected chi connectivity index (χ3v) is 3.19. The van der Waals surface area contributed by atoms with Gasteiger partial charge in [0.25, 0.3) is 5.91 Å². The maximum absolute atomic E-state index is 12.1. The first-order valence-corrected chi connectivity index (χ1v) is 7.04. The fraction of sp³-hybridized carbons (Fsp3) is 0.333. The van der Waals surface area contributed by atoms with Gasteiger partial charge in [0.05, 0.1) is 23.1 Å². The molecule has 0 radical (unpaired) electrons. The van der Waals surface area contributed by atoms with E-state index in [2.05, 4.69) is 10.4 Å². The van der Waals surface area contributed by atoms with Gasteiger partial charge in [-0.05, 0) is 44.5 Å². The first-order chi connectivity index (χ1) is 9.52. The number of nitrogens with one attached hydrogen (secondary N) is 1. The SMILES string of the molecule is CCc1c(C(=O)NC(C)C)cnn1-c1ccc(Cl)cc1. The number of carbonyl (C=O) groups excluding carboxylic acids is 1. The van der Waals surface area contributed by atoms with Crippen LogP contribution in [0.5, 0.6) is 0 Å². The number of carbonyl (C=O) groups is 1. The molecule has 20 heavy (non-hydrogen) atoms. The molecule has 1 aromatic heterocycles. The van der Waals surface area contributed by atoms with Crippen molar-refractivity contribution in [3.05, 3.63) is 46.7 Å². The highest BCUT2D eigenvalue weighted by atomic mass is 35.5. The standard InChI is InChI=1S/C15H18ClN3O/c1-4-14-13(15(20)18-10(2)3)9-17-19(14)12-7-5-11(16)6-8-12/h5-10H,4H2,1-3H3,(H,18,20). The van der Waals surface area contributed by atoms with Crippen LogP contribution in [0, 0.1) is 0 Å². The molecular formula is C15H18ClN3O. The lowest BCUT2D eigenvalue weighted by molar-refractivity contribution is 0.0942. The smallest absolute Gasteiger partial charge is 0.254 e. The molecule has 1 heterocycles. The molecule has 1 amide bonds. The Balaban J connectivity index is 2.39. The summed E-state index contributed by atoms with van der Waals surface area (Å²) in [6.07, 6.45) is 2.34. The first-order valence-electron chi connectivity index (χ1n) is 6.66. The molecule has 0 bridgehead atoms. The molecule has 1 N–H and O–H groups in total. The molecule has 0 saturated heterocycles. The summed E-state index contributed by atoms with van der Waals surface area (Å²) in [5, 5.41) is 7.90. The van der Waals surface area contributed by atoms with Crippen molar-refractivity contribution in [1.29, 1.82) is 0 Å². The first kappa shape index (κ1) is 14.6. The molecular weight excluding hydrogens is 274 g/mol. The van der Waals surface area contributed by atoms with Crippen molar-refractivity contribution >= 4 is 17.5 Å². The quantitative estimate of drug-likeness (QED) is 0.940. The molecule has 0 unspecified atom stereocenters. The molecule has 0 aliphatic rings. The average Bonchev–Trinajstić information content (AvgIpc) is 2.82. The van der Waals surface area contributed by atoms with Gasteiger partial charge < -0.3 is 5.32 Å². The highest BCUT2D eigenvalue weighted by Crippen LogP contribution is 2.18. The van der Waals surface area contributed by atoms with Gasteiger partial charge in [0.15, 0.2) is 0 Å². The van der Waals surface area contributed by atoms with Gasteiger partial charge >= 0.3 is 0 Å². The monoisotopic (exact) mass is 291 g/mol. The summed E-state index contributed by atoms with van der Waals surface area (Å²) < 4.78 is 1.78. The second kappa shape index (κ2) is 6.09. The van der Waals surface area contributed by atoms with Crippen LogP contribution in [0.1, 0.15) is 36.8 Å². The van der Waals surface area contributed by atoms with E-state index in [0.29, 0.717) is 10.6 Å². The van der Waals surface area contributed by atoms with Crippen LogP contribution in [0.2, 0.25) is 5.02 Å². The summed E-state index contributed by atoms with van der Waals surface area (Å²) in [5.41, 5.74) is 2.41. The van der Waals surface area contributed by atoms with E-state index in [9.17, 15) is 4.79 Å². The van der Waals surface area contributed by atoms with E-state index in [0.717, 1.165) is 17.8 Å². The number of benzene rings is 1. The lowest BCUT2D eigenvalue weighted by Gasteiger charge is -2.10. The zero-order valence-corrected chi connectivity index (χ0v) is 12.6. The summed E-state index contributed by atoms with van der Waals surface area (Å²) in [4.78, 5) is 12.1. The number of nitrogens with zero attached hydrogens (tertiary/aromatic N) is 2. The number of halogens is 1. The van der Waals surface area contributed by atoms with Crippen LogP contribution < -0.4 is 5.32 Å². The van der Waals surface area contributed by atoms with Crippen LogP contribution in [0.15, 0.2) is 30.5 Å². The fourth-order valence-electron chi connectivity index (χ4n) is 2.05. The van der Waals surface area contributed by atoms with Gasteiger partial charge in [-0.15, -0.1) is 0 Å². The van der Waals surface area contributed by atoms with Crippen molar-refractivity contribution in [2.45, 2.75) is 33.2 Å². The van der Waals surface area contributed by atoms with Gasteiger partial charge in [-0.25, -0.2) is 4.68 Å². The van der Waals surface area contributed by atoms with Crippen molar-refractivity contribution in [3.63, 3.8) is 0 Å². The Labute approximate surface area is 123 Å². The molecule has 2 aromatic rings. The third kappa shape index (κ3) is 3.02. The highest BCUT2D eigenvalue weighted by molar-refractivity contribution is 6.30. The largest absolute Gasteiger partial charge is 0.350 e. The molecule has 0 spiro atoms. The number of aromatic nitrogens is 2. The molecule has 0 atom stereocenters. The predicted octanol–water partition coefficient (Wildman–Crippen LogP) is 3.23. The maximum Gasteiger partial charge on any atom is 0.254 e. The highest BCUT2D eigenvalue weighted by Gasteiger charge is 2.17. The molecule has 0 aliphatic heterocycles. The van der Waals surface area contributed by atoms with E-state index >= 15 is 0 Å². The van der Waals surface area contributed by atoms with E-state index in [1.165, 1.54) is 0 Å². The molecule has 0 saturated carbocycles. The van der Waals surface area contributed by atoms with E-state index < -0.39 is 0 Å². The van der Waals surface area contributed by atoms with Gasteiger partial charge in [0.2, 0.25) is 0 Å². The lowest BCUT2D eigenvalue weighted by Crippen LogP contribution is -2.30. The average molecular weight is 292 g/mol. The summed E-state index contributed by atoms with van der Waals surface area (Å²) >= 11 is 5.89. The van der Waals surface area contributed by atoms with E-state index in [-0.39, 0.29) is 11.9 Å². The molecule has 106 valence electrons. The summed E-state index contributed by atoms with van der Waals surface area (Å²) in [6, 6.07) is 7.50. The summed E-state index contributed by atoms with van der Waals surface area (Å²) in [5.74, 6) is -0.0861. The Morgan fingerprint density at radius 1 is 1.35 bits per heavy atom. The van der Waals surface area contributed by atoms with E-state index in [4.69, 9.17) is 11.6 Å². The number of rotatable bonds is 4. The second-order valence-electron chi connectivity index (χ2n) is 4.87. The fourth-order valence-corrected chi connectivity index (χ4v) is 2.17. The molecule has 1 aromatic carbocycles. The van der Waals surface area contributed by atoms with Crippen molar-refractivity contribution in [3.8, 4) is 5.69 Å². The molecule has 5 heteroatoms. The molecule has 2 rings (SSSR count). The van der Waals surface area contributed by atoms with Crippen molar-refractivity contribution in [2.75, 3.05) is 0 Å². The Morgan fingerprint density at radius 2 is 2.00 bits per heavy atom.